The number of hydrogen-bond donors (Lipinski definition) is 1. The van der Waals surface area contributed by atoms with Gasteiger partial charge in [-0.15, -0.1) is 0 Å². The molecule has 0 bridgehead atoms. The molecule has 2 heteroatoms. The fourth-order valence-corrected chi connectivity index (χ4v) is 2.15. The van der Waals surface area contributed by atoms with E-state index in [1.54, 1.807) is 0 Å². The minimum absolute atomic E-state index is 0.492. The van der Waals surface area contributed by atoms with Gasteiger partial charge in [0.15, 0.2) is 0 Å². The summed E-state index contributed by atoms with van der Waals surface area (Å²) in [6.07, 6.45) is 0. The molecule has 1 unspecified atom stereocenters. The van der Waals surface area contributed by atoms with Gasteiger partial charge in [0.05, 0.1) is 0 Å². The second kappa shape index (κ2) is 5.53. The van der Waals surface area contributed by atoms with E-state index in [0.717, 1.165) is 11.6 Å². The van der Waals surface area contributed by atoms with Crippen LogP contribution in [0, 0.1) is 0 Å². The molecule has 0 aliphatic rings. The van der Waals surface area contributed by atoms with Crippen LogP contribution in [0.5, 0.6) is 0 Å². The first-order valence-electron chi connectivity index (χ1n) is 5.50. The Bertz CT molecular complexity index is 320. The van der Waals surface area contributed by atoms with Gasteiger partial charge in [-0.25, -0.2) is 0 Å². The van der Waals surface area contributed by atoms with Gasteiger partial charge in [-0.2, -0.15) is 0 Å². The second-order valence-electron chi connectivity index (χ2n) is 4.39. The molecule has 15 heavy (non-hydrogen) atoms. The molecule has 1 rings (SSSR count). The Balaban J connectivity index is 2.91. The topological polar surface area (TPSA) is 12.0 Å². The van der Waals surface area contributed by atoms with Crippen molar-refractivity contribution in [2.75, 3.05) is 13.6 Å². The molecule has 0 amide bonds. The third kappa shape index (κ3) is 3.22. The molecular weight excluding hydrogens is 206 g/mol. The molecule has 0 aromatic heterocycles. The Morgan fingerprint density at radius 1 is 1.27 bits per heavy atom. The van der Waals surface area contributed by atoms with Gasteiger partial charge in [-0.05, 0) is 36.1 Å². The molecule has 0 aliphatic heterocycles. The molecular formula is C13H20ClN. The van der Waals surface area contributed by atoms with Crippen molar-refractivity contribution in [3.63, 3.8) is 0 Å². The number of benzene rings is 1. The fraction of sp³-hybridized carbons (Fsp3) is 0.538. The lowest BCUT2D eigenvalue weighted by atomic mass is 9.96. The van der Waals surface area contributed by atoms with Crippen molar-refractivity contribution in [3.8, 4) is 0 Å². The van der Waals surface area contributed by atoms with Crippen molar-refractivity contribution in [1.29, 1.82) is 0 Å². The van der Waals surface area contributed by atoms with Gasteiger partial charge < -0.3 is 5.32 Å². The number of hydrogen-bond acceptors (Lipinski definition) is 1. The van der Waals surface area contributed by atoms with E-state index in [2.05, 4.69) is 44.3 Å². The first-order valence-corrected chi connectivity index (χ1v) is 5.88. The van der Waals surface area contributed by atoms with E-state index in [1.807, 2.05) is 7.05 Å². The van der Waals surface area contributed by atoms with Crippen LogP contribution in [-0.2, 0) is 0 Å². The predicted octanol–water partition coefficient (Wildman–Crippen LogP) is 3.79. The van der Waals surface area contributed by atoms with Gasteiger partial charge in [-0.3, -0.25) is 0 Å². The van der Waals surface area contributed by atoms with Crippen molar-refractivity contribution in [2.24, 2.45) is 0 Å². The standard InChI is InChI=1S/C13H20ClN/c1-9(2)12-6-5-11(7-13(12)14)10(3)8-15-4/h5-7,9-10,15H,8H2,1-4H3. The maximum absolute atomic E-state index is 6.25. The third-order valence-corrected chi connectivity index (χ3v) is 3.05. The molecule has 1 nitrogen and oxygen atoms in total. The van der Waals surface area contributed by atoms with Gasteiger partial charge in [0.1, 0.15) is 0 Å². The van der Waals surface area contributed by atoms with Crippen LogP contribution in [0.3, 0.4) is 0 Å². The van der Waals surface area contributed by atoms with Gasteiger partial charge in [0.2, 0.25) is 0 Å². The molecule has 0 saturated heterocycles. The number of rotatable bonds is 4. The summed E-state index contributed by atoms with van der Waals surface area (Å²) in [5, 5.41) is 4.07. The summed E-state index contributed by atoms with van der Waals surface area (Å²) < 4.78 is 0. The largest absolute Gasteiger partial charge is 0.319 e. The zero-order valence-corrected chi connectivity index (χ0v) is 10.7. The van der Waals surface area contributed by atoms with Crippen LogP contribution in [0.1, 0.15) is 43.7 Å². The Labute approximate surface area is 97.8 Å². The zero-order valence-electron chi connectivity index (χ0n) is 9.97. The maximum atomic E-state index is 6.25. The van der Waals surface area contributed by atoms with Crippen molar-refractivity contribution in [2.45, 2.75) is 32.6 Å². The predicted molar refractivity (Wildman–Crippen MR) is 67.9 cm³/mol. The molecule has 1 atom stereocenters. The Morgan fingerprint density at radius 3 is 2.40 bits per heavy atom. The van der Waals surface area contributed by atoms with Crippen molar-refractivity contribution in [3.05, 3.63) is 34.3 Å². The lowest BCUT2D eigenvalue weighted by molar-refractivity contribution is 0.677. The van der Waals surface area contributed by atoms with Crippen molar-refractivity contribution < 1.29 is 0 Å². The number of likely N-dealkylation sites (N-methyl/N-ethyl adjacent to an activating group) is 1. The van der Waals surface area contributed by atoms with Crippen molar-refractivity contribution in [1.82, 2.24) is 5.32 Å². The minimum Gasteiger partial charge on any atom is -0.319 e. The molecule has 0 spiro atoms. The van der Waals surface area contributed by atoms with E-state index in [-0.39, 0.29) is 0 Å². The number of nitrogens with one attached hydrogen (secondary N) is 1. The first kappa shape index (κ1) is 12.5. The van der Waals surface area contributed by atoms with E-state index < -0.39 is 0 Å². The van der Waals surface area contributed by atoms with E-state index in [1.165, 1.54) is 11.1 Å². The monoisotopic (exact) mass is 225 g/mol. The highest BCUT2D eigenvalue weighted by atomic mass is 35.5. The summed E-state index contributed by atoms with van der Waals surface area (Å²) in [4.78, 5) is 0. The maximum Gasteiger partial charge on any atom is 0.0443 e. The Hall–Kier alpha value is -0.530. The summed E-state index contributed by atoms with van der Waals surface area (Å²) in [7, 11) is 1.97. The highest BCUT2D eigenvalue weighted by Gasteiger charge is 2.09. The van der Waals surface area contributed by atoms with Gasteiger partial charge in [0.25, 0.3) is 0 Å². The van der Waals surface area contributed by atoms with E-state index >= 15 is 0 Å². The SMILES string of the molecule is CNCC(C)c1ccc(C(C)C)c(Cl)c1. The minimum atomic E-state index is 0.492. The Kier molecular flexibility index (Phi) is 4.62. The molecule has 0 radical (unpaired) electrons. The first-order chi connectivity index (χ1) is 7.06. The lowest BCUT2D eigenvalue weighted by Crippen LogP contribution is -2.14. The summed E-state index contributed by atoms with van der Waals surface area (Å²) >= 11 is 6.25. The smallest absolute Gasteiger partial charge is 0.0443 e. The van der Waals surface area contributed by atoms with Crippen LogP contribution in [0.15, 0.2) is 18.2 Å². The summed E-state index contributed by atoms with van der Waals surface area (Å²) in [5.74, 6) is 1.000. The molecule has 0 heterocycles. The van der Waals surface area contributed by atoms with E-state index in [9.17, 15) is 0 Å². The lowest BCUT2D eigenvalue weighted by Gasteiger charge is -2.14. The van der Waals surface area contributed by atoms with E-state index in [4.69, 9.17) is 11.6 Å². The fourth-order valence-electron chi connectivity index (χ4n) is 1.74. The third-order valence-electron chi connectivity index (χ3n) is 2.73. The molecule has 84 valence electrons. The summed E-state index contributed by atoms with van der Waals surface area (Å²) in [6, 6.07) is 6.43. The number of halogens is 1. The van der Waals surface area contributed by atoms with Crippen LogP contribution in [0.4, 0.5) is 0 Å². The van der Waals surface area contributed by atoms with Crippen LogP contribution < -0.4 is 5.32 Å². The van der Waals surface area contributed by atoms with Crippen LogP contribution in [-0.4, -0.2) is 13.6 Å². The molecule has 1 aromatic carbocycles. The molecule has 1 aromatic rings. The highest BCUT2D eigenvalue weighted by molar-refractivity contribution is 6.31. The van der Waals surface area contributed by atoms with Gasteiger partial charge in [-0.1, -0.05) is 44.5 Å². The van der Waals surface area contributed by atoms with Crippen LogP contribution >= 0.6 is 11.6 Å². The van der Waals surface area contributed by atoms with Gasteiger partial charge >= 0.3 is 0 Å². The molecule has 1 N–H and O–H groups in total. The average Bonchev–Trinajstić information content (AvgIpc) is 2.17. The summed E-state index contributed by atoms with van der Waals surface area (Å²) in [6.45, 7) is 7.52. The second-order valence-corrected chi connectivity index (χ2v) is 4.80. The Morgan fingerprint density at radius 2 is 1.93 bits per heavy atom. The molecule has 0 aliphatic carbocycles. The van der Waals surface area contributed by atoms with Crippen LogP contribution in [0.25, 0.3) is 0 Å². The quantitative estimate of drug-likeness (QED) is 0.822. The van der Waals surface area contributed by atoms with Crippen LogP contribution in [0.2, 0.25) is 5.02 Å². The zero-order chi connectivity index (χ0) is 11.4. The normalized spacial score (nSPS) is 13.2. The highest BCUT2D eigenvalue weighted by Crippen LogP contribution is 2.27. The van der Waals surface area contributed by atoms with Gasteiger partial charge in [0, 0.05) is 11.6 Å². The van der Waals surface area contributed by atoms with E-state index in [0.29, 0.717) is 11.8 Å². The molecule has 0 saturated carbocycles. The average molecular weight is 226 g/mol. The summed E-state index contributed by atoms with van der Waals surface area (Å²) in [5.41, 5.74) is 2.54. The molecule has 0 fully saturated rings. The van der Waals surface area contributed by atoms with Crippen molar-refractivity contribution >= 4 is 11.6 Å².